The van der Waals surface area contributed by atoms with Crippen molar-refractivity contribution in [2.45, 2.75) is 69.7 Å². The van der Waals surface area contributed by atoms with Crippen LogP contribution in [0.25, 0.3) is 0 Å². The van der Waals surface area contributed by atoms with E-state index in [1.54, 1.807) is 6.26 Å². The molecule has 2 aliphatic carbocycles. The van der Waals surface area contributed by atoms with Gasteiger partial charge in [0.2, 0.25) is 0 Å². The van der Waals surface area contributed by atoms with Crippen molar-refractivity contribution >= 4 is 0 Å². The number of aliphatic hydroxyl groups is 1. The first-order valence-corrected chi connectivity index (χ1v) is 8.80. The van der Waals surface area contributed by atoms with Gasteiger partial charge < -0.3 is 19.6 Å². The average Bonchev–Trinajstić information content (AvgIpc) is 3.23. The SMILES string of the molecule is C[C@H](C[C@H](O)c1ccco1)N[C@@H]1[C@@H]2CCO[C@H]2C12CCCC2. The molecule has 4 heteroatoms. The van der Waals surface area contributed by atoms with Crippen LogP contribution in [-0.2, 0) is 4.74 Å². The zero-order valence-corrected chi connectivity index (χ0v) is 13.3. The van der Waals surface area contributed by atoms with E-state index in [2.05, 4.69) is 12.2 Å². The molecule has 1 aromatic heterocycles. The molecule has 122 valence electrons. The molecule has 2 heterocycles. The highest BCUT2D eigenvalue weighted by molar-refractivity contribution is 5.17. The molecular formula is C18H27NO3. The van der Waals surface area contributed by atoms with Gasteiger partial charge in [0, 0.05) is 30.0 Å². The third-order valence-corrected chi connectivity index (χ3v) is 6.20. The van der Waals surface area contributed by atoms with Gasteiger partial charge in [-0.25, -0.2) is 0 Å². The lowest BCUT2D eigenvalue weighted by Crippen LogP contribution is -2.68. The maximum absolute atomic E-state index is 10.3. The van der Waals surface area contributed by atoms with Crippen molar-refractivity contribution in [3.05, 3.63) is 24.2 Å². The van der Waals surface area contributed by atoms with Gasteiger partial charge in [0.05, 0.1) is 12.4 Å². The first-order valence-electron chi connectivity index (χ1n) is 8.80. The normalized spacial score (nSPS) is 35.3. The van der Waals surface area contributed by atoms with Crippen molar-refractivity contribution in [3.63, 3.8) is 0 Å². The topological polar surface area (TPSA) is 54.6 Å². The van der Waals surface area contributed by atoms with Gasteiger partial charge in [-0.05, 0) is 44.7 Å². The van der Waals surface area contributed by atoms with Crippen LogP contribution in [0.3, 0.4) is 0 Å². The highest BCUT2D eigenvalue weighted by atomic mass is 16.5. The number of aliphatic hydroxyl groups excluding tert-OH is 1. The van der Waals surface area contributed by atoms with Crippen molar-refractivity contribution < 1.29 is 14.3 Å². The molecule has 3 fully saturated rings. The fraction of sp³-hybridized carbons (Fsp3) is 0.778. The van der Waals surface area contributed by atoms with Crippen LogP contribution in [0, 0.1) is 11.3 Å². The van der Waals surface area contributed by atoms with E-state index in [1.165, 1.54) is 32.1 Å². The van der Waals surface area contributed by atoms with Crippen LogP contribution in [0.5, 0.6) is 0 Å². The summed E-state index contributed by atoms with van der Waals surface area (Å²) in [6.45, 7) is 3.11. The van der Waals surface area contributed by atoms with Crippen LogP contribution in [0.4, 0.5) is 0 Å². The molecule has 4 rings (SSSR count). The molecule has 22 heavy (non-hydrogen) atoms. The third kappa shape index (κ3) is 2.24. The Balaban J connectivity index is 1.39. The molecule has 1 aliphatic heterocycles. The van der Waals surface area contributed by atoms with Crippen LogP contribution >= 0.6 is 0 Å². The van der Waals surface area contributed by atoms with Crippen LogP contribution in [-0.4, -0.2) is 29.9 Å². The Kier molecular flexibility index (Phi) is 3.79. The summed E-state index contributed by atoms with van der Waals surface area (Å²) in [5, 5.41) is 14.1. The molecule has 3 aliphatic rings. The highest BCUT2D eigenvalue weighted by Gasteiger charge is 2.64. The summed E-state index contributed by atoms with van der Waals surface area (Å²) in [5.74, 6) is 1.35. The van der Waals surface area contributed by atoms with E-state index in [-0.39, 0.29) is 6.04 Å². The summed E-state index contributed by atoms with van der Waals surface area (Å²) in [6, 6.07) is 4.53. The molecule has 4 nitrogen and oxygen atoms in total. The second kappa shape index (κ2) is 5.66. The van der Waals surface area contributed by atoms with E-state index in [0.29, 0.717) is 35.7 Å². The largest absolute Gasteiger partial charge is 0.467 e. The van der Waals surface area contributed by atoms with Gasteiger partial charge in [0.15, 0.2) is 0 Å². The number of hydrogen-bond donors (Lipinski definition) is 2. The molecular weight excluding hydrogens is 278 g/mol. The fourth-order valence-corrected chi connectivity index (χ4v) is 5.25. The van der Waals surface area contributed by atoms with E-state index in [0.717, 1.165) is 6.61 Å². The zero-order valence-electron chi connectivity index (χ0n) is 13.3. The lowest BCUT2D eigenvalue weighted by Gasteiger charge is -2.58. The Morgan fingerprint density at radius 2 is 2.23 bits per heavy atom. The summed E-state index contributed by atoms with van der Waals surface area (Å²) < 4.78 is 11.3. The Morgan fingerprint density at radius 1 is 1.41 bits per heavy atom. The average molecular weight is 305 g/mol. The predicted octanol–water partition coefficient (Wildman–Crippen LogP) is 3.03. The predicted molar refractivity (Wildman–Crippen MR) is 83.4 cm³/mol. The summed E-state index contributed by atoms with van der Waals surface area (Å²) in [4.78, 5) is 0. The summed E-state index contributed by atoms with van der Waals surface area (Å²) >= 11 is 0. The number of furan rings is 1. The molecule has 0 amide bonds. The second-order valence-corrected chi connectivity index (χ2v) is 7.50. The summed E-state index contributed by atoms with van der Waals surface area (Å²) in [5.41, 5.74) is 0.380. The minimum absolute atomic E-state index is 0.282. The first-order chi connectivity index (χ1) is 10.7. The molecule has 0 bridgehead atoms. The second-order valence-electron chi connectivity index (χ2n) is 7.50. The number of nitrogens with one attached hydrogen (secondary N) is 1. The monoisotopic (exact) mass is 305 g/mol. The van der Waals surface area contributed by atoms with Crippen molar-refractivity contribution in [1.29, 1.82) is 0 Å². The summed E-state index contributed by atoms with van der Waals surface area (Å²) in [7, 11) is 0. The molecule has 1 saturated heterocycles. The molecule has 2 saturated carbocycles. The number of hydrogen-bond acceptors (Lipinski definition) is 4. The van der Waals surface area contributed by atoms with Crippen LogP contribution < -0.4 is 5.32 Å². The molecule has 0 radical (unpaired) electrons. The third-order valence-electron chi connectivity index (χ3n) is 6.20. The van der Waals surface area contributed by atoms with E-state index >= 15 is 0 Å². The smallest absolute Gasteiger partial charge is 0.132 e. The van der Waals surface area contributed by atoms with Gasteiger partial charge in [-0.15, -0.1) is 0 Å². The number of ether oxygens (including phenoxy) is 1. The van der Waals surface area contributed by atoms with E-state index in [1.807, 2.05) is 12.1 Å². The van der Waals surface area contributed by atoms with Gasteiger partial charge >= 0.3 is 0 Å². The minimum Gasteiger partial charge on any atom is -0.467 e. The van der Waals surface area contributed by atoms with E-state index in [4.69, 9.17) is 9.15 Å². The fourth-order valence-electron chi connectivity index (χ4n) is 5.25. The maximum atomic E-state index is 10.3. The van der Waals surface area contributed by atoms with E-state index < -0.39 is 6.10 Å². The zero-order chi connectivity index (χ0) is 15.2. The van der Waals surface area contributed by atoms with Gasteiger partial charge in [0.25, 0.3) is 0 Å². The van der Waals surface area contributed by atoms with Gasteiger partial charge in [-0.3, -0.25) is 0 Å². The summed E-state index contributed by atoms with van der Waals surface area (Å²) in [6.07, 6.45) is 8.77. The lowest BCUT2D eigenvalue weighted by molar-refractivity contribution is -0.133. The standard InChI is InChI=1S/C18H27NO3/c1-12(11-14(20)15-5-4-9-21-15)19-16-13-6-10-22-17(13)18(16)7-2-3-8-18/h4-5,9,12-14,16-17,19-20H,2-3,6-8,10-11H2,1H3/t12-,13+,14+,16-,17-/m1/s1. The van der Waals surface area contributed by atoms with Crippen LogP contribution in [0.15, 0.2) is 22.8 Å². The van der Waals surface area contributed by atoms with Crippen LogP contribution in [0.1, 0.15) is 57.3 Å². The Bertz CT molecular complexity index is 494. The van der Waals surface area contributed by atoms with Crippen molar-refractivity contribution in [2.24, 2.45) is 11.3 Å². The molecule has 0 unspecified atom stereocenters. The van der Waals surface area contributed by atoms with Gasteiger partial charge in [-0.1, -0.05) is 12.8 Å². The number of fused-ring (bicyclic) bond motifs is 2. The van der Waals surface area contributed by atoms with Crippen molar-refractivity contribution in [1.82, 2.24) is 5.32 Å². The number of rotatable bonds is 5. The van der Waals surface area contributed by atoms with Crippen molar-refractivity contribution in [3.8, 4) is 0 Å². The van der Waals surface area contributed by atoms with Crippen LogP contribution in [0.2, 0.25) is 0 Å². The molecule has 1 aromatic rings. The lowest BCUT2D eigenvalue weighted by atomic mass is 9.54. The maximum Gasteiger partial charge on any atom is 0.132 e. The molecule has 5 atom stereocenters. The molecule has 2 N–H and O–H groups in total. The molecule has 1 spiro atoms. The van der Waals surface area contributed by atoms with Gasteiger partial charge in [-0.2, -0.15) is 0 Å². The van der Waals surface area contributed by atoms with Crippen molar-refractivity contribution in [2.75, 3.05) is 6.61 Å². The highest BCUT2D eigenvalue weighted by Crippen LogP contribution is 2.60. The Hall–Kier alpha value is -0.840. The van der Waals surface area contributed by atoms with Gasteiger partial charge in [0.1, 0.15) is 11.9 Å². The minimum atomic E-state index is -0.521. The van der Waals surface area contributed by atoms with E-state index in [9.17, 15) is 5.11 Å². The molecule has 0 aromatic carbocycles. The Labute approximate surface area is 132 Å². The first kappa shape index (κ1) is 14.7. The Morgan fingerprint density at radius 3 is 2.95 bits per heavy atom. The quantitative estimate of drug-likeness (QED) is 0.878.